The average Bonchev–Trinajstić information content (AvgIpc) is 2.29. The monoisotopic (exact) mass is 265 g/mol. The van der Waals surface area contributed by atoms with E-state index in [-0.39, 0.29) is 18.4 Å². The summed E-state index contributed by atoms with van der Waals surface area (Å²) in [7, 11) is 0. The molecule has 0 aromatic heterocycles. The lowest BCUT2D eigenvalue weighted by atomic mass is 9.97. The van der Waals surface area contributed by atoms with Crippen molar-refractivity contribution in [3.63, 3.8) is 0 Å². The Morgan fingerprint density at radius 3 is 2.18 bits per heavy atom. The first-order valence-corrected chi connectivity index (χ1v) is 5.48. The Labute approximate surface area is 105 Å². The highest BCUT2D eigenvalue weighted by molar-refractivity contribution is 5.85. The van der Waals surface area contributed by atoms with Gasteiger partial charge in [0.05, 0.1) is 5.56 Å². The van der Waals surface area contributed by atoms with Gasteiger partial charge in [-0.2, -0.15) is 13.2 Å². The number of rotatable bonds is 1. The molecular formula is C12H15ClF3N. The fourth-order valence-electron chi connectivity index (χ4n) is 2.04. The van der Waals surface area contributed by atoms with Crippen LogP contribution in [0.5, 0.6) is 0 Å². The van der Waals surface area contributed by atoms with Crippen LogP contribution in [0.2, 0.25) is 0 Å². The molecule has 0 aliphatic carbocycles. The minimum atomic E-state index is -4.24. The molecular weight excluding hydrogens is 251 g/mol. The molecule has 1 nitrogen and oxygen atoms in total. The summed E-state index contributed by atoms with van der Waals surface area (Å²) in [4.78, 5) is 0. The van der Waals surface area contributed by atoms with Gasteiger partial charge in [0, 0.05) is 6.04 Å². The van der Waals surface area contributed by atoms with Crippen molar-refractivity contribution in [1.29, 1.82) is 0 Å². The van der Waals surface area contributed by atoms with Gasteiger partial charge in [0.25, 0.3) is 0 Å². The second-order valence-corrected chi connectivity index (χ2v) is 4.12. The molecule has 0 radical (unpaired) electrons. The van der Waals surface area contributed by atoms with Crippen molar-refractivity contribution in [1.82, 2.24) is 5.32 Å². The molecule has 0 bridgehead atoms. The van der Waals surface area contributed by atoms with Gasteiger partial charge in [-0.05, 0) is 37.1 Å². The van der Waals surface area contributed by atoms with Crippen molar-refractivity contribution in [3.8, 4) is 0 Å². The van der Waals surface area contributed by atoms with Gasteiger partial charge in [-0.1, -0.05) is 18.6 Å². The van der Waals surface area contributed by atoms with E-state index in [0.717, 1.165) is 43.5 Å². The van der Waals surface area contributed by atoms with Gasteiger partial charge in [0.2, 0.25) is 0 Å². The first kappa shape index (κ1) is 14.3. The lowest BCUT2D eigenvalue weighted by Crippen LogP contribution is -2.26. The Morgan fingerprint density at radius 1 is 1.06 bits per heavy atom. The summed E-state index contributed by atoms with van der Waals surface area (Å²) in [6.07, 6.45) is -0.945. The van der Waals surface area contributed by atoms with E-state index in [1.165, 1.54) is 0 Å². The van der Waals surface area contributed by atoms with Gasteiger partial charge in [-0.25, -0.2) is 0 Å². The number of hydrogen-bond acceptors (Lipinski definition) is 1. The molecule has 1 aromatic carbocycles. The van der Waals surface area contributed by atoms with Gasteiger partial charge >= 0.3 is 6.18 Å². The van der Waals surface area contributed by atoms with E-state index in [4.69, 9.17) is 0 Å². The van der Waals surface area contributed by atoms with Crippen molar-refractivity contribution in [2.75, 3.05) is 6.54 Å². The van der Waals surface area contributed by atoms with Crippen LogP contribution in [0.25, 0.3) is 0 Å². The Kier molecular flexibility index (Phi) is 4.83. The molecule has 0 spiro atoms. The van der Waals surface area contributed by atoms with E-state index in [9.17, 15) is 13.2 Å². The van der Waals surface area contributed by atoms with Crippen molar-refractivity contribution in [2.24, 2.45) is 0 Å². The molecule has 1 aliphatic heterocycles. The van der Waals surface area contributed by atoms with E-state index in [2.05, 4.69) is 5.32 Å². The van der Waals surface area contributed by atoms with Crippen molar-refractivity contribution in [2.45, 2.75) is 31.5 Å². The summed E-state index contributed by atoms with van der Waals surface area (Å²) in [6, 6.07) is 5.69. The summed E-state index contributed by atoms with van der Waals surface area (Å²) < 4.78 is 37.0. The molecule has 1 aliphatic rings. The minimum absolute atomic E-state index is 0. The zero-order valence-corrected chi connectivity index (χ0v) is 10.1. The fourth-order valence-corrected chi connectivity index (χ4v) is 2.04. The van der Waals surface area contributed by atoms with Crippen LogP contribution in [-0.4, -0.2) is 6.54 Å². The number of benzene rings is 1. The summed E-state index contributed by atoms with van der Waals surface area (Å²) in [5, 5.41) is 3.31. The Hall–Kier alpha value is -0.740. The molecule has 0 saturated carbocycles. The van der Waals surface area contributed by atoms with Crippen LogP contribution in [0.15, 0.2) is 24.3 Å². The quantitative estimate of drug-likeness (QED) is 0.811. The number of hydrogen-bond donors (Lipinski definition) is 1. The van der Waals surface area contributed by atoms with Crippen LogP contribution < -0.4 is 5.32 Å². The van der Waals surface area contributed by atoms with Gasteiger partial charge in [-0.15, -0.1) is 12.4 Å². The predicted molar refractivity (Wildman–Crippen MR) is 63.3 cm³/mol. The van der Waals surface area contributed by atoms with Crippen molar-refractivity contribution in [3.05, 3.63) is 35.4 Å². The molecule has 1 fully saturated rings. The number of alkyl halides is 3. The van der Waals surface area contributed by atoms with Crippen LogP contribution in [0.3, 0.4) is 0 Å². The molecule has 17 heavy (non-hydrogen) atoms. The zero-order chi connectivity index (χ0) is 11.6. The topological polar surface area (TPSA) is 12.0 Å². The lowest BCUT2D eigenvalue weighted by molar-refractivity contribution is -0.137. The standard InChI is InChI=1S/C12H14F3N.ClH/c13-12(14,15)10-6-4-9(5-7-10)11-3-1-2-8-16-11;/h4-7,11,16H,1-3,8H2;1H/t11-;/m0./s1. The van der Waals surface area contributed by atoms with E-state index >= 15 is 0 Å². The van der Waals surface area contributed by atoms with E-state index in [0.29, 0.717) is 0 Å². The summed E-state index contributed by atoms with van der Waals surface area (Å²) in [5.41, 5.74) is 0.375. The van der Waals surface area contributed by atoms with Gasteiger partial charge < -0.3 is 5.32 Å². The third-order valence-corrected chi connectivity index (χ3v) is 2.95. The second kappa shape index (κ2) is 5.74. The third kappa shape index (κ3) is 3.61. The smallest absolute Gasteiger partial charge is 0.310 e. The summed E-state index contributed by atoms with van der Waals surface area (Å²) >= 11 is 0. The zero-order valence-electron chi connectivity index (χ0n) is 9.26. The highest BCUT2D eigenvalue weighted by atomic mass is 35.5. The van der Waals surface area contributed by atoms with Crippen LogP contribution in [-0.2, 0) is 6.18 Å². The molecule has 1 N–H and O–H groups in total. The van der Waals surface area contributed by atoms with Crippen LogP contribution >= 0.6 is 12.4 Å². The van der Waals surface area contributed by atoms with Crippen LogP contribution in [0, 0.1) is 0 Å². The number of halogens is 4. The maximum absolute atomic E-state index is 12.3. The number of piperidine rings is 1. The predicted octanol–water partition coefficient (Wildman–Crippen LogP) is 3.94. The van der Waals surface area contributed by atoms with Gasteiger partial charge in [0.15, 0.2) is 0 Å². The molecule has 96 valence electrons. The normalized spacial score (nSPS) is 20.8. The molecule has 0 amide bonds. The van der Waals surface area contributed by atoms with Crippen molar-refractivity contribution >= 4 is 12.4 Å². The Bertz CT molecular complexity index is 342. The first-order chi connectivity index (χ1) is 7.57. The minimum Gasteiger partial charge on any atom is -0.310 e. The molecule has 0 unspecified atom stereocenters. The maximum Gasteiger partial charge on any atom is 0.416 e. The fraction of sp³-hybridized carbons (Fsp3) is 0.500. The molecule has 1 atom stereocenters. The van der Waals surface area contributed by atoms with Crippen LogP contribution in [0.1, 0.15) is 36.4 Å². The highest BCUT2D eigenvalue weighted by Crippen LogP contribution is 2.31. The SMILES string of the molecule is Cl.FC(F)(F)c1ccc([C@@H]2CCCCN2)cc1. The first-order valence-electron chi connectivity index (χ1n) is 5.48. The van der Waals surface area contributed by atoms with Gasteiger partial charge in [-0.3, -0.25) is 0 Å². The molecule has 1 saturated heterocycles. The highest BCUT2D eigenvalue weighted by Gasteiger charge is 2.30. The van der Waals surface area contributed by atoms with Crippen molar-refractivity contribution < 1.29 is 13.2 Å². The largest absolute Gasteiger partial charge is 0.416 e. The van der Waals surface area contributed by atoms with E-state index in [1.807, 2.05) is 0 Å². The molecule has 1 heterocycles. The lowest BCUT2D eigenvalue weighted by Gasteiger charge is -2.24. The Morgan fingerprint density at radius 2 is 1.71 bits per heavy atom. The summed E-state index contributed by atoms with van der Waals surface area (Å²) in [6.45, 7) is 0.950. The Balaban J connectivity index is 0.00000144. The number of nitrogens with one attached hydrogen (secondary N) is 1. The van der Waals surface area contributed by atoms with E-state index in [1.54, 1.807) is 12.1 Å². The van der Waals surface area contributed by atoms with Gasteiger partial charge in [0.1, 0.15) is 0 Å². The molecule has 1 aromatic rings. The maximum atomic E-state index is 12.3. The second-order valence-electron chi connectivity index (χ2n) is 4.12. The molecule has 2 rings (SSSR count). The van der Waals surface area contributed by atoms with Crippen LogP contribution in [0.4, 0.5) is 13.2 Å². The third-order valence-electron chi connectivity index (χ3n) is 2.95. The molecule has 5 heteroatoms. The van der Waals surface area contributed by atoms with E-state index < -0.39 is 11.7 Å². The average molecular weight is 266 g/mol. The summed E-state index contributed by atoms with van der Waals surface area (Å²) in [5.74, 6) is 0.